The quantitative estimate of drug-likeness (QED) is 0.709. The molecule has 0 N–H and O–H groups in total. The summed E-state index contributed by atoms with van der Waals surface area (Å²) in [6, 6.07) is 0. The fourth-order valence-corrected chi connectivity index (χ4v) is 3.01. The van der Waals surface area contributed by atoms with E-state index in [-0.39, 0.29) is 5.91 Å². The van der Waals surface area contributed by atoms with Gasteiger partial charge >= 0.3 is 0 Å². The molecule has 0 radical (unpaired) electrons. The van der Waals surface area contributed by atoms with E-state index in [1.807, 2.05) is 42.9 Å². The number of aromatic nitrogens is 6. The third-order valence-corrected chi connectivity index (χ3v) is 4.38. The van der Waals surface area contributed by atoms with Crippen LogP contribution in [0.25, 0.3) is 0 Å². The summed E-state index contributed by atoms with van der Waals surface area (Å²) in [7, 11) is 7.81. The predicted octanol–water partition coefficient (Wildman–Crippen LogP) is -0.0398. The molecule has 0 saturated heterocycles. The summed E-state index contributed by atoms with van der Waals surface area (Å²) in [6.07, 6.45) is 3.52. The molecule has 0 saturated carbocycles. The van der Waals surface area contributed by atoms with Crippen LogP contribution >= 0.6 is 0 Å². The fraction of sp³-hybridized carbons (Fsp3) is 0.625. The highest BCUT2D eigenvalue weighted by atomic mass is 16.2. The van der Waals surface area contributed by atoms with Crippen molar-refractivity contribution in [2.24, 2.45) is 0 Å². The van der Waals surface area contributed by atoms with Gasteiger partial charge in [-0.15, -0.1) is 5.10 Å². The minimum Gasteiger partial charge on any atom is -0.362 e. The number of hydrogen-bond donors (Lipinski definition) is 0. The highest BCUT2D eigenvalue weighted by Gasteiger charge is 2.26. The maximum atomic E-state index is 12.6. The van der Waals surface area contributed by atoms with Gasteiger partial charge in [0, 0.05) is 53.3 Å². The van der Waals surface area contributed by atoms with Gasteiger partial charge in [0.15, 0.2) is 0 Å². The van der Waals surface area contributed by atoms with Crippen molar-refractivity contribution in [3.05, 3.63) is 17.6 Å². The molecule has 0 bridgehead atoms. The van der Waals surface area contributed by atoms with Crippen LogP contribution < -0.4 is 9.80 Å². The summed E-state index contributed by atoms with van der Waals surface area (Å²) in [5.74, 6) is 1.74. The van der Waals surface area contributed by atoms with Gasteiger partial charge in [0.2, 0.25) is 11.9 Å². The fourth-order valence-electron chi connectivity index (χ4n) is 3.01. The molecule has 1 aliphatic heterocycles. The Morgan fingerprint density at radius 1 is 1.19 bits per heavy atom. The SMILES string of the molecule is CN(C)c1nc2c(c(N(C)C)n1)CCN(C(=O)CCCn1cnnn1)C2. The van der Waals surface area contributed by atoms with Crippen molar-refractivity contribution in [3.8, 4) is 0 Å². The molecule has 0 fully saturated rings. The molecular formula is C16H25N9O. The summed E-state index contributed by atoms with van der Waals surface area (Å²) in [5, 5.41) is 11.0. The zero-order valence-electron chi connectivity index (χ0n) is 15.8. The van der Waals surface area contributed by atoms with Crippen molar-refractivity contribution < 1.29 is 4.79 Å². The standard InChI is InChI=1S/C16H25N9O/c1-22(2)15-12-7-9-24(10-13(12)18-16(19-15)23(3)4)14(26)6-5-8-25-11-17-20-21-25/h11H,5-10H2,1-4H3. The van der Waals surface area contributed by atoms with Gasteiger partial charge < -0.3 is 14.7 Å². The molecule has 0 unspecified atom stereocenters. The number of fused-ring (bicyclic) bond motifs is 1. The molecule has 10 heteroatoms. The summed E-state index contributed by atoms with van der Waals surface area (Å²) < 4.78 is 1.64. The van der Waals surface area contributed by atoms with Crippen LogP contribution in [0.5, 0.6) is 0 Å². The average Bonchev–Trinajstić information content (AvgIpc) is 3.13. The van der Waals surface area contributed by atoms with E-state index in [1.54, 1.807) is 11.0 Å². The van der Waals surface area contributed by atoms with E-state index in [1.165, 1.54) is 0 Å². The zero-order chi connectivity index (χ0) is 18.7. The van der Waals surface area contributed by atoms with Crippen molar-refractivity contribution in [2.75, 3.05) is 44.5 Å². The first-order valence-corrected chi connectivity index (χ1v) is 8.68. The second kappa shape index (κ2) is 7.63. The second-order valence-corrected chi connectivity index (χ2v) is 6.80. The van der Waals surface area contributed by atoms with E-state index in [9.17, 15) is 4.79 Å². The minimum absolute atomic E-state index is 0.139. The minimum atomic E-state index is 0.139. The first-order chi connectivity index (χ1) is 12.5. The third-order valence-electron chi connectivity index (χ3n) is 4.38. The number of anilines is 2. The summed E-state index contributed by atoms with van der Waals surface area (Å²) >= 11 is 0. The van der Waals surface area contributed by atoms with Gasteiger partial charge in [-0.1, -0.05) is 0 Å². The molecule has 0 spiro atoms. The van der Waals surface area contributed by atoms with Crippen molar-refractivity contribution in [2.45, 2.75) is 32.4 Å². The number of tetrazole rings is 1. The van der Waals surface area contributed by atoms with E-state index in [2.05, 4.69) is 25.5 Å². The van der Waals surface area contributed by atoms with Gasteiger partial charge in [-0.25, -0.2) is 9.67 Å². The lowest BCUT2D eigenvalue weighted by Gasteiger charge is -2.31. The molecule has 2 aromatic heterocycles. The maximum absolute atomic E-state index is 12.6. The van der Waals surface area contributed by atoms with Crippen LogP contribution in [0.2, 0.25) is 0 Å². The van der Waals surface area contributed by atoms with E-state index < -0.39 is 0 Å². The Morgan fingerprint density at radius 2 is 2.00 bits per heavy atom. The van der Waals surface area contributed by atoms with Gasteiger partial charge in [-0.05, 0) is 23.3 Å². The Bertz CT molecular complexity index is 757. The van der Waals surface area contributed by atoms with Crippen molar-refractivity contribution in [1.82, 2.24) is 35.1 Å². The first kappa shape index (κ1) is 18.0. The number of hydrogen-bond acceptors (Lipinski definition) is 8. The van der Waals surface area contributed by atoms with Gasteiger partial charge in [0.1, 0.15) is 12.1 Å². The Hall–Kier alpha value is -2.78. The molecular weight excluding hydrogens is 334 g/mol. The third kappa shape index (κ3) is 3.89. The highest BCUT2D eigenvalue weighted by Crippen LogP contribution is 2.27. The molecule has 3 heterocycles. The van der Waals surface area contributed by atoms with Gasteiger partial charge in [-0.3, -0.25) is 4.79 Å². The van der Waals surface area contributed by atoms with Crippen LogP contribution in [0.1, 0.15) is 24.1 Å². The number of amides is 1. The van der Waals surface area contributed by atoms with E-state index in [0.29, 0.717) is 38.4 Å². The van der Waals surface area contributed by atoms with Crippen LogP contribution in [0.15, 0.2) is 6.33 Å². The van der Waals surface area contributed by atoms with Crippen molar-refractivity contribution in [1.29, 1.82) is 0 Å². The molecule has 3 rings (SSSR count). The number of nitrogens with zero attached hydrogens (tertiary/aromatic N) is 9. The topological polar surface area (TPSA) is 96.2 Å². The van der Waals surface area contributed by atoms with Crippen LogP contribution in [-0.4, -0.2) is 75.7 Å². The summed E-state index contributed by atoms with van der Waals surface area (Å²) in [4.78, 5) is 27.7. The van der Waals surface area contributed by atoms with Gasteiger partial charge in [0.25, 0.3) is 0 Å². The normalized spacial score (nSPS) is 13.5. The Balaban J connectivity index is 1.68. The number of rotatable bonds is 6. The van der Waals surface area contributed by atoms with Crippen LogP contribution in [-0.2, 0) is 24.3 Å². The molecule has 1 aliphatic rings. The summed E-state index contributed by atoms with van der Waals surface area (Å²) in [5.41, 5.74) is 2.07. The molecule has 0 aliphatic carbocycles. The lowest BCUT2D eigenvalue weighted by molar-refractivity contribution is -0.132. The highest BCUT2D eigenvalue weighted by molar-refractivity contribution is 5.76. The number of carbonyl (C=O) groups excluding carboxylic acids is 1. The van der Waals surface area contributed by atoms with E-state index in [0.717, 1.165) is 23.5 Å². The second-order valence-electron chi connectivity index (χ2n) is 6.80. The van der Waals surface area contributed by atoms with Crippen LogP contribution in [0, 0.1) is 0 Å². The predicted molar refractivity (Wildman–Crippen MR) is 96.9 cm³/mol. The number of carbonyl (C=O) groups is 1. The first-order valence-electron chi connectivity index (χ1n) is 8.68. The average molecular weight is 359 g/mol. The largest absolute Gasteiger partial charge is 0.362 e. The van der Waals surface area contributed by atoms with E-state index >= 15 is 0 Å². The molecule has 10 nitrogen and oxygen atoms in total. The van der Waals surface area contributed by atoms with Gasteiger partial charge in [-0.2, -0.15) is 4.98 Å². The smallest absolute Gasteiger partial charge is 0.227 e. The van der Waals surface area contributed by atoms with Gasteiger partial charge in [0.05, 0.1) is 12.2 Å². The molecule has 0 atom stereocenters. The summed E-state index contributed by atoms with van der Waals surface area (Å²) in [6.45, 7) is 1.87. The van der Waals surface area contributed by atoms with Crippen LogP contribution in [0.3, 0.4) is 0 Å². The molecule has 0 aromatic carbocycles. The van der Waals surface area contributed by atoms with Crippen molar-refractivity contribution in [3.63, 3.8) is 0 Å². The molecule has 1 amide bonds. The lowest BCUT2D eigenvalue weighted by Crippen LogP contribution is -2.37. The zero-order valence-corrected chi connectivity index (χ0v) is 15.8. The monoisotopic (exact) mass is 359 g/mol. The maximum Gasteiger partial charge on any atom is 0.227 e. The Labute approximate surface area is 152 Å². The molecule has 2 aromatic rings. The lowest BCUT2D eigenvalue weighted by atomic mass is 10.0. The Kier molecular flexibility index (Phi) is 5.29. The molecule has 26 heavy (non-hydrogen) atoms. The van der Waals surface area contributed by atoms with E-state index in [4.69, 9.17) is 0 Å². The van der Waals surface area contributed by atoms with Crippen molar-refractivity contribution >= 4 is 17.7 Å². The molecule has 140 valence electrons. The Morgan fingerprint density at radius 3 is 2.65 bits per heavy atom. The number of aryl methyl sites for hydroxylation is 1. The van der Waals surface area contributed by atoms with Crippen LogP contribution in [0.4, 0.5) is 11.8 Å².